The number of hydrogen-bond donors (Lipinski definition) is 1. The molecule has 0 aromatic heterocycles. The lowest BCUT2D eigenvalue weighted by atomic mass is 10.1. The number of piperidine rings is 1. The molecule has 0 unspecified atom stereocenters. The van der Waals surface area contributed by atoms with Crippen molar-refractivity contribution >= 4 is 30.7 Å². The molecule has 0 aromatic rings. The standard InChI is InChI=1S/C14H27N3O2.2ClH/c1-12(15)14(18)17-8-4-13(5-9-17)19-11-10-16-6-2-3-7-16;;/h12-13H,2-11,15H2,1H3;2*1H/t12-;;/m1../s1. The van der Waals surface area contributed by atoms with Crippen molar-refractivity contribution in [3.8, 4) is 0 Å². The van der Waals surface area contributed by atoms with Gasteiger partial charge in [-0.2, -0.15) is 0 Å². The second-order valence-corrected chi connectivity index (χ2v) is 5.73. The Hall–Kier alpha value is -0.0700. The predicted molar refractivity (Wildman–Crippen MR) is 89.4 cm³/mol. The van der Waals surface area contributed by atoms with Gasteiger partial charge < -0.3 is 20.3 Å². The van der Waals surface area contributed by atoms with E-state index in [4.69, 9.17) is 10.5 Å². The first-order valence-electron chi connectivity index (χ1n) is 7.55. The van der Waals surface area contributed by atoms with E-state index >= 15 is 0 Å². The topological polar surface area (TPSA) is 58.8 Å². The molecule has 2 saturated heterocycles. The van der Waals surface area contributed by atoms with Crippen LogP contribution in [0, 0.1) is 0 Å². The smallest absolute Gasteiger partial charge is 0.239 e. The number of rotatable bonds is 5. The van der Waals surface area contributed by atoms with E-state index in [1.54, 1.807) is 6.92 Å². The number of likely N-dealkylation sites (tertiary alicyclic amines) is 2. The summed E-state index contributed by atoms with van der Waals surface area (Å²) >= 11 is 0. The Morgan fingerprint density at radius 2 is 1.76 bits per heavy atom. The van der Waals surface area contributed by atoms with Gasteiger partial charge in [-0.15, -0.1) is 24.8 Å². The molecular weight excluding hydrogens is 313 g/mol. The zero-order valence-corrected chi connectivity index (χ0v) is 14.5. The van der Waals surface area contributed by atoms with E-state index in [0.717, 1.165) is 39.1 Å². The minimum absolute atomic E-state index is 0. The Kier molecular flexibility index (Phi) is 10.6. The highest BCUT2D eigenvalue weighted by molar-refractivity contribution is 5.85. The van der Waals surface area contributed by atoms with Crippen molar-refractivity contribution in [3.05, 3.63) is 0 Å². The average Bonchev–Trinajstić information content (AvgIpc) is 2.92. The van der Waals surface area contributed by atoms with Gasteiger partial charge in [-0.1, -0.05) is 0 Å². The molecule has 5 nitrogen and oxygen atoms in total. The van der Waals surface area contributed by atoms with E-state index in [1.165, 1.54) is 25.9 Å². The van der Waals surface area contributed by atoms with Gasteiger partial charge in [0.05, 0.1) is 18.8 Å². The van der Waals surface area contributed by atoms with Gasteiger partial charge in [0.15, 0.2) is 0 Å². The molecule has 2 N–H and O–H groups in total. The number of carbonyl (C=O) groups is 1. The fraction of sp³-hybridized carbons (Fsp3) is 0.929. The van der Waals surface area contributed by atoms with Gasteiger partial charge in [-0.3, -0.25) is 4.79 Å². The average molecular weight is 342 g/mol. The van der Waals surface area contributed by atoms with Gasteiger partial charge in [0.25, 0.3) is 0 Å². The van der Waals surface area contributed by atoms with Crippen molar-refractivity contribution in [3.63, 3.8) is 0 Å². The van der Waals surface area contributed by atoms with E-state index in [9.17, 15) is 4.79 Å². The lowest BCUT2D eigenvalue weighted by molar-refractivity contribution is -0.134. The van der Waals surface area contributed by atoms with Crippen molar-refractivity contribution in [1.29, 1.82) is 0 Å². The molecule has 2 rings (SSSR count). The lowest BCUT2D eigenvalue weighted by Gasteiger charge is -2.33. The van der Waals surface area contributed by atoms with E-state index in [2.05, 4.69) is 4.90 Å². The third kappa shape index (κ3) is 6.70. The van der Waals surface area contributed by atoms with Crippen LogP contribution in [0.25, 0.3) is 0 Å². The van der Waals surface area contributed by atoms with Gasteiger partial charge in [0.1, 0.15) is 0 Å². The van der Waals surface area contributed by atoms with Crippen LogP contribution >= 0.6 is 24.8 Å². The molecule has 0 radical (unpaired) electrons. The molecular formula is C14H29Cl2N3O2. The molecule has 2 heterocycles. The Balaban J connectivity index is 0.00000200. The summed E-state index contributed by atoms with van der Waals surface area (Å²) in [6.45, 7) is 7.66. The molecule has 0 bridgehead atoms. The Morgan fingerprint density at radius 3 is 2.29 bits per heavy atom. The zero-order valence-electron chi connectivity index (χ0n) is 12.8. The number of nitrogens with zero attached hydrogens (tertiary/aromatic N) is 2. The zero-order chi connectivity index (χ0) is 13.7. The SMILES string of the molecule is C[C@@H](N)C(=O)N1CCC(OCCN2CCCC2)CC1.Cl.Cl. The number of nitrogens with two attached hydrogens (primary N) is 1. The molecule has 1 amide bonds. The molecule has 2 aliphatic rings. The van der Waals surface area contributed by atoms with Crippen molar-refractivity contribution in [1.82, 2.24) is 9.80 Å². The van der Waals surface area contributed by atoms with E-state index < -0.39 is 0 Å². The van der Waals surface area contributed by atoms with Crippen LogP contribution in [-0.4, -0.2) is 67.2 Å². The predicted octanol–water partition coefficient (Wildman–Crippen LogP) is 1.28. The largest absolute Gasteiger partial charge is 0.377 e. The fourth-order valence-electron chi connectivity index (χ4n) is 2.89. The molecule has 126 valence electrons. The van der Waals surface area contributed by atoms with Gasteiger partial charge in [0, 0.05) is 19.6 Å². The summed E-state index contributed by atoms with van der Waals surface area (Å²) in [7, 11) is 0. The van der Waals surface area contributed by atoms with Crippen molar-refractivity contribution in [2.24, 2.45) is 5.73 Å². The minimum atomic E-state index is -0.382. The summed E-state index contributed by atoms with van der Waals surface area (Å²) in [4.78, 5) is 16.1. The van der Waals surface area contributed by atoms with Crippen molar-refractivity contribution in [2.75, 3.05) is 39.3 Å². The second-order valence-electron chi connectivity index (χ2n) is 5.73. The van der Waals surface area contributed by atoms with Crippen LogP contribution in [0.3, 0.4) is 0 Å². The highest BCUT2D eigenvalue weighted by Gasteiger charge is 2.24. The molecule has 0 aliphatic carbocycles. The number of carbonyl (C=O) groups excluding carboxylic acids is 1. The second kappa shape index (κ2) is 10.6. The van der Waals surface area contributed by atoms with Crippen LogP contribution in [-0.2, 0) is 9.53 Å². The van der Waals surface area contributed by atoms with Crippen LogP contribution in [0.1, 0.15) is 32.6 Å². The first kappa shape index (κ1) is 20.9. The molecule has 7 heteroatoms. The first-order valence-corrected chi connectivity index (χ1v) is 7.55. The quantitative estimate of drug-likeness (QED) is 0.818. The van der Waals surface area contributed by atoms with Crippen LogP contribution in [0.4, 0.5) is 0 Å². The molecule has 0 aromatic carbocycles. The molecule has 1 atom stereocenters. The third-order valence-electron chi connectivity index (χ3n) is 4.10. The summed E-state index contributed by atoms with van der Waals surface area (Å²) in [6, 6.07) is -0.382. The highest BCUT2D eigenvalue weighted by Crippen LogP contribution is 2.15. The summed E-state index contributed by atoms with van der Waals surface area (Å²) in [5.74, 6) is 0.0653. The molecule has 2 fully saturated rings. The summed E-state index contributed by atoms with van der Waals surface area (Å²) in [5.41, 5.74) is 5.62. The van der Waals surface area contributed by atoms with Crippen LogP contribution in [0.15, 0.2) is 0 Å². The van der Waals surface area contributed by atoms with Crippen molar-refractivity contribution < 1.29 is 9.53 Å². The van der Waals surface area contributed by atoms with E-state index in [-0.39, 0.29) is 36.8 Å². The Bertz CT molecular complexity index is 292. The number of hydrogen-bond acceptors (Lipinski definition) is 4. The number of halogens is 2. The monoisotopic (exact) mass is 341 g/mol. The molecule has 2 aliphatic heterocycles. The minimum Gasteiger partial charge on any atom is -0.377 e. The van der Waals surface area contributed by atoms with Gasteiger partial charge in [-0.05, 0) is 45.7 Å². The van der Waals surface area contributed by atoms with Crippen LogP contribution in [0.2, 0.25) is 0 Å². The fourth-order valence-corrected chi connectivity index (χ4v) is 2.89. The highest BCUT2D eigenvalue weighted by atomic mass is 35.5. The number of ether oxygens (including phenoxy) is 1. The summed E-state index contributed by atoms with van der Waals surface area (Å²) in [5, 5.41) is 0. The van der Waals surface area contributed by atoms with E-state index in [1.807, 2.05) is 4.90 Å². The summed E-state index contributed by atoms with van der Waals surface area (Å²) < 4.78 is 5.92. The maximum atomic E-state index is 11.7. The first-order chi connectivity index (χ1) is 9.16. The Labute approximate surface area is 140 Å². The van der Waals surface area contributed by atoms with E-state index in [0.29, 0.717) is 6.10 Å². The van der Waals surface area contributed by atoms with Gasteiger partial charge in [-0.25, -0.2) is 0 Å². The molecule has 21 heavy (non-hydrogen) atoms. The normalized spacial score (nSPS) is 21.5. The number of amides is 1. The lowest BCUT2D eigenvalue weighted by Crippen LogP contribution is -2.47. The maximum absolute atomic E-state index is 11.7. The summed E-state index contributed by atoms with van der Waals surface area (Å²) in [6.07, 6.45) is 4.87. The van der Waals surface area contributed by atoms with Crippen LogP contribution in [0.5, 0.6) is 0 Å². The van der Waals surface area contributed by atoms with Crippen molar-refractivity contribution in [2.45, 2.75) is 44.8 Å². The molecule has 0 saturated carbocycles. The Morgan fingerprint density at radius 1 is 1.19 bits per heavy atom. The van der Waals surface area contributed by atoms with Gasteiger partial charge >= 0.3 is 0 Å². The van der Waals surface area contributed by atoms with Gasteiger partial charge in [0.2, 0.25) is 5.91 Å². The maximum Gasteiger partial charge on any atom is 0.239 e. The molecule has 0 spiro atoms. The van der Waals surface area contributed by atoms with Crippen LogP contribution < -0.4 is 5.73 Å². The third-order valence-corrected chi connectivity index (χ3v) is 4.10.